The lowest BCUT2D eigenvalue weighted by Crippen LogP contribution is -1.94. The van der Waals surface area contributed by atoms with Crippen molar-refractivity contribution in [1.29, 1.82) is 0 Å². The molecule has 1 rings (SSSR count). The third kappa shape index (κ3) is 1.65. The van der Waals surface area contributed by atoms with E-state index in [1.54, 1.807) is 0 Å². The summed E-state index contributed by atoms with van der Waals surface area (Å²) in [5.74, 6) is 1.39. The van der Waals surface area contributed by atoms with Crippen LogP contribution in [0.3, 0.4) is 0 Å². The number of hydrogen-bond acceptors (Lipinski definition) is 1. The standard InChI is InChI=1S/C5H9BrS/c6-4-5-2-1-3-7-5/h5H,1-4H2. The zero-order valence-electron chi connectivity index (χ0n) is 4.19. The van der Waals surface area contributed by atoms with E-state index in [2.05, 4.69) is 27.7 Å². The van der Waals surface area contributed by atoms with E-state index in [4.69, 9.17) is 0 Å². The molecule has 1 aliphatic heterocycles. The number of rotatable bonds is 1. The fourth-order valence-corrected chi connectivity index (χ4v) is 2.74. The molecule has 0 N–H and O–H groups in total. The molecule has 1 aliphatic rings. The number of hydrogen-bond donors (Lipinski definition) is 0. The predicted octanol–water partition coefficient (Wildman–Crippen LogP) is 2.28. The molecular weight excluding hydrogens is 172 g/mol. The zero-order valence-corrected chi connectivity index (χ0v) is 6.59. The Balaban J connectivity index is 2.14. The summed E-state index contributed by atoms with van der Waals surface area (Å²) in [4.78, 5) is 0. The van der Waals surface area contributed by atoms with Crippen molar-refractivity contribution in [2.75, 3.05) is 11.1 Å². The van der Waals surface area contributed by atoms with Crippen LogP contribution < -0.4 is 0 Å². The minimum atomic E-state index is 0.931. The Labute approximate surface area is 57.2 Å². The van der Waals surface area contributed by atoms with Gasteiger partial charge in [-0.1, -0.05) is 15.9 Å². The Morgan fingerprint density at radius 2 is 2.57 bits per heavy atom. The summed E-state index contributed by atoms with van der Waals surface area (Å²) in [6, 6.07) is 0. The van der Waals surface area contributed by atoms with Crippen LogP contribution in [0.5, 0.6) is 0 Å². The van der Waals surface area contributed by atoms with Gasteiger partial charge in [0.25, 0.3) is 0 Å². The monoisotopic (exact) mass is 180 g/mol. The van der Waals surface area contributed by atoms with E-state index in [-0.39, 0.29) is 0 Å². The van der Waals surface area contributed by atoms with Crippen LogP contribution in [-0.4, -0.2) is 16.3 Å². The van der Waals surface area contributed by atoms with Crippen LogP contribution in [0.4, 0.5) is 0 Å². The quantitative estimate of drug-likeness (QED) is 0.559. The van der Waals surface area contributed by atoms with Crippen molar-refractivity contribution in [2.45, 2.75) is 18.1 Å². The molecule has 2 heteroatoms. The van der Waals surface area contributed by atoms with Crippen LogP contribution in [0.1, 0.15) is 12.8 Å². The molecule has 0 saturated carbocycles. The van der Waals surface area contributed by atoms with Gasteiger partial charge in [0.2, 0.25) is 0 Å². The highest BCUT2D eigenvalue weighted by Gasteiger charge is 2.12. The Bertz CT molecular complexity index is 50.0. The van der Waals surface area contributed by atoms with Crippen LogP contribution in [0, 0.1) is 0 Å². The lowest BCUT2D eigenvalue weighted by molar-refractivity contribution is 0.848. The molecule has 1 atom stereocenters. The molecule has 0 aromatic rings. The summed E-state index contributed by atoms with van der Waals surface area (Å²) in [5.41, 5.74) is 0. The molecule has 7 heavy (non-hydrogen) atoms. The summed E-state index contributed by atoms with van der Waals surface area (Å²) in [7, 11) is 0. The lowest BCUT2D eigenvalue weighted by atomic mass is 10.3. The smallest absolute Gasteiger partial charge is 0.0151 e. The third-order valence-corrected chi connectivity index (χ3v) is 3.80. The van der Waals surface area contributed by atoms with Crippen molar-refractivity contribution in [1.82, 2.24) is 0 Å². The number of alkyl halides is 1. The van der Waals surface area contributed by atoms with Gasteiger partial charge in [0, 0.05) is 10.6 Å². The van der Waals surface area contributed by atoms with E-state index in [1.807, 2.05) is 0 Å². The summed E-state index contributed by atoms with van der Waals surface area (Å²) in [5, 5.41) is 2.12. The molecule has 0 aliphatic carbocycles. The summed E-state index contributed by atoms with van der Waals surface area (Å²) < 4.78 is 0. The van der Waals surface area contributed by atoms with Gasteiger partial charge in [-0.3, -0.25) is 0 Å². The van der Waals surface area contributed by atoms with Gasteiger partial charge in [-0.05, 0) is 18.6 Å². The van der Waals surface area contributed by atoms with E-state index in [1.165, 1.54) is 23.9 Å². The fraction of sp³-hybridized carbons (Fsp3) is 1.00. The van der Waals surface area contributed by atoms with Gasteiger partial charge in [-0.15, -0.1) is 0 Å². The molecule has 1 heterocycles. The fourth-order valence-electron chi connectivity index (χ4n) is 0.766. The van der Waals surface area contributed by atoms with Crippen molar-refractivity contribution >= 4 is 27.7 Å². The van der Waals surface area contributed by atoms with E-state index in [0.29, 0.717) is 0 Å². The second kappa shape index (κ2) is 2.98. The van der Waals surface area contributed by atoms with Gasteiger partial charge in [0.1, 0.15) is 0 Å². The van der Waals surface area contributed by atoms with Crippen LogP contribution in [-0.2, 0) is 0 Å². The van der Waals surface area contributed by atoms with E-state index < -0.39 is 0 Å². The Morgan fingerprint density at radius 3 is 2.86 bits per heavy atom. The van der Waals surface area contributed by atoms with Gasteiger partial charge >= 0.3 is 0 Å². The highest BCUT2D eigenvalue weighted by atomic mass is 79.9. The molecule has 0 bridgehead atoms. The second-order valence-corrected chi connectivity index (χ2v) is 3.85. The normalized spacial score (nSPS) is 31.3. The Morgan fingerprint density at radius 1 is 1.71 bits per heavy atom. The van der Waals surface area contributed by atoms with Crippen LogP contribution in [0.25, 0.3) is 0 Å². The molecule has 0 amide bonds. The highest BCUT2D eigenvalue weighted by Crippen LogP contribution is 2.26. The van der Waals surface area contributed by atoms with Crippen molar-refractivity contribution in [3.63, 3.8) is 0 Å². The van der Waals surface area contributed by atoms with Gasteiger partial charge < -0.3 is 0 Å². The van der Waals surface area contributed by atoms with E-state index in [9.17, 15) is 0 Å². The van der Waals surface area contributed by atoms with Crippen LogP contribution >= 0.6 is 27.7 Å². The number of thioether (sulfide) groups is 1. The molecule has 0 aromatic carbocycles. The first kappa shape index (κ1) is 5.96. The van der Waals surface area contributed by atoms with Gasteiger partial charge in [0.05, 0.1) is 0 Å². The molecule has 0 nitrogen and oxygen atoms in total. The first-order chi connectivity index (χ1) is 3.43. The van der Waals surface area contributed by atoms with Gasteiger partial charge in [-0.2, -0.15) is 11.8 Å². The largest absolute Gasteiger partial charge is 0.158 e. The molecule has 42 valence electrons. The first-order valence-corrected chi connectivity index (χ1v) is 4.78. The van der Waals surface area contributed by atoms with Crippen molar-refractivity contribution < 1.29 is 0 Å². The maximum atomic E-state index is 3.46. The maximum Gasteiger partial charge on any atom is 0.0151 e. The Hall–Kier alpha value is 0.830. The van der Waals surface area contributed by atoms with Crippen LogP contribution in [0.2, 0.25) is 0 Å². The summed E-state index contributed by atoms with van der Waals surface area (Å²) in [6.07, 6.45) is 2.86. The molecule has 0 radical (unpaired) electrons. The van der Waals surface area contributed by atoms with Crippen molar-refractivity contribution in [3.05, 3.63) is 0 Å². The van der Waals surface area contributed by atoms with Gasteiger partial charge in [0.15, 0.2) is 0 Å². The minimum Gasteiger partial charge on any atom is -0.158 e. The van der Waals surface area contributed by atoms with E-state index >= 15 is 0 Å². The third-order valence-electron chi connectivity index (χ3n) is 1.20. The zero-order chi connectivity index (χ0) is 5.11. The SMILES string of the molecule is BrCC1CCCS1. The molecular formula is C5H9BrS. The number of halogens is 1. The maximum absolute atomic E-state index is 3.46. The predicted molar refractivity (Wildman–Crippen MR) is 39.3 cm³/mol. The molecule has 0 spiro atoms. The van der Waals surface area contributed by atoms with E-state index in [0.717, 1.165) is 5.25 Å². The molecule has 1 saturated heterocycles. The molecule has 0 aromatic heterocycles. The molecule has 1 fully saturated rings. The van der Waals surface area contributed by atoms with Crippen molar-refractivity contribution in [2.24, 2.45) is 0 Å². The molecule has 1 unspecified atom stereocenters. The van der Waals surface area contributed by atoms with Crippen LogP contribution in [0.15, 0.2) is 0 Å². The highest BCUT2D eigenvalue weighted by molar-refractivity contribution is 9.09. The topological polar surface area (TPSA) is 0 Å². The first-order valence-electron chi connectivity index (χ1n) is 2.61. The summed E-state index contributed by atoms with van der Waals surface area (Å²) >= 11 is 5.55. The lowest BCUT2D eigenvalue weighted by Gasteiger charge is -1.97. The van der Waals surface area contributed by atoms with Crippen molar-refractivity contribution in [3.8, 4) is 0 Å². The minimum absolute atomic E-state index is 0.931. The Kier molecular flexibility index (Phi) is 2.53. The van der Waals surface area contributed by atoms with Gasteiger partial charge in [-0.25, -0.2) is 0 Å². The average molecular weight is 181 g/mol. The average Bonchev–Trinajstić information content (AvgIpc) is 2.14. The second-order valence-electron chi connectivity index (χ2n) is 1.79. The summed E-state index contributed by atoms with van der Waals surface area (Å²) in [6.45, 7) is 0.